The van der Waals surface area contributed by atoms with Crippen LogP contribution in [0.2, 0.25) is 10.0 Å². The number of hydrogen-bond acceptors (Lipinski definition) is 2. The van der Waals surface area contributed by atoms with Crippen molar-refractivity contribution in [2.45, 2.75) is 49.8 Å². The summed E-state index contributed by atoms with van der Waals surface area (Å²) in [6, 6.07) is 5.79. The smallest absolute Gasteiger partial charge is 0.0603 e. The second-order valence-electron chi connectivity index (χ2n) is 5.12. The molecule has 0 spiro atoms. The van der Waals surface area contributed by atoms with E-state index in [9.17, 15) is 0 Å². The van der Waals surface area contributed by atoms with Gasteiger partial charge in [-0.25, -0.2) is 0 Å². The van der Waals surface area contributed by atoms with Gasteiger partial charge in [-0.15, -0.1) is 11.8 Å². The summed E-state index contributed by atoms with van der Waals surface area (Å²) in [6.07, 6.45) is 1.12. The number of thioether (sulfide) groups is 1. The average molecular weight is 306 g/mol. The lowest BCUT2D eigenvalue weighted by Gasteiger charge is -2.26. The topological polar surface area (TPSA) is 12.0 Å². The van der Waals surface area contributed by atoms with Crippen LogP contribution in [0, 0.1) is 0 Å². The van der Waals surface area contributed by atoms with Gasteiger partial charge in [0.05, 0.1) is 10.0 Å². The Hall–Kier alpha value is 0.110. The highest BCUT2D eigenvalue weighted by molar-refractivity contribution is 8.00. The van der Waals surface area contributed by atoms with Crippen LogP contribution in [-0.4, -0.2) is 17.3 Å². The van der Waals surface area contributed by atoms with E-state index in [0.717, 1.165) is 17.9 Å². The first-order valence-corrected chi connectivity index (χ1v) is 7.84. The Labute approximate surface area is 125 Å². The molecule has 1 atom stereocenters. The van der Waals surface area contributed by atoms with Crippen molar-refractivity contribution in [1.82, 2.24) is 5.32 Å². The lowest BCUT2D eigenvalue weighted by molar-refractivity contribution is 0.379. The van der Waals surface area contributed by atoms with Crippen molar-refractivity contribution in [2.24, 2.45) is 0 Å². The normalized spacial score (nSPS) is 13.7. The van der Waals surface area contributed by atoms with Gasteiger partial charge < -0.3 is 5.32 Å². The fourth-order valence-electron chi connectivity index (χ4n) is 1.37. The van der Waals surface area contributed by atoms with Gasteiger partial charge in [-0.05, 0) is 38.5 Å². The van der Waals surface area contributed by atoms with Crippen LogP contribution in [0.3, 0.4) is 0 Å². The van der Waals surface area contributed by atoms with Crippen LogP contribution in [0.4, 0.5) is 0 Å². The van der Waals surface area contributed by atoms with Crippen LogP contribution >= 0.6 is 35.0 Å². The number of benzene rings is 1. The van der Waals surface area contributed by atoms with Crippen molar-refractivity contribution in [2.75, 3.05) is 6.54 Å². The molecule has 0 aromatic heterocycles. The van der Waals surface area contributed by atoms with E-state index in [2.05, 4.69) is 33.0 Å². The molecule has 0 amide bonds. The quantitative estimate of drug-likeness (QED) is 0.720. The van der Waals surface area contributed by atoms with Crippen LogP contribution in [0.1, 0.15) is 34.1 Å². The van der Waals surface area contributed by atoms with E-state index in [1.807, 2.05) is 30.0 Å². The third-order valence-corrected chi connectivity index (χ3v) is 4.81. The molecule has 1 aromatic rings. The monoisotopic (exact) mass is 305 g/mol. The molecule has 1 N–H and O–H groups in total. The highest BCUT2D eigenvalue weighted by atomic mass is 35.5. The minimum absolute atomic E-state index is 0.201. The SMILES string of the molecule is CCC(C)(C)NCC(C)Sc1ccc(Cl)c(Cl)c1. The van der Waals surface area contributed by atoms with Crippen LogP contribution in [0.5, 0.6) is 0 Å². The predicted octanol–water partition coefficient (Wildman–Crippen LogP) is 5.25. The highest BCUT2D eigenvalue weighted by Gasteiger charge is 2.15. The Balaban J connectivity index is 2.49. The van der Waals surface area contributed by atoms with Crippen LogP contribution in [0.15, 0.2) is 23.1 Å². The number of nitrogens with one attached hydrogen (secondary N) is 1. The first-order valence-electron chi connectivity index (χ1n) is 6.21. The molecule has 0 aliphatic carbocycles. The summed E-state index contributed by atoms with van der Waals surface area (Å²) in [7, 11) is 0. The molecule has 1 aromatic carbocycles. The molecule has 18 heavy (non-hydrogen) atoms. The maximum absolute atomic E-state index is 6.01. The van der Waals surface area contributed by atoms with E-state index in [-0.39, 0.29) is 5.54 Å². The van der Waals surface area contributed by atoms with Crippen LogP contribution in [0.25, 0.3) is 0 Å². The van der Waals surface area contributed by atoms with Gasteiger partial charge in [0.1, 0.15) is 0 Å². The Bertz CT molecular complexity index is 393. The summed E-state index contributed by atoms with van der Waals surface area (Å²) in [6.45, 7) is 9.84. The van der Waals surface area contributed by atoms with Gasteiger partial charge in [-0.3, -0.25) is 0 Å². The van der Waals surface area contributed by atoms with Crippen molar-refractivity contribution < 1.29 is 0 Å². The molecule has 0 radical (unpaired) electrons. The van der Waals surface area contributed by atoms with Crippen molar-refractivity contribution >= 4 is 35.0 Å². The molecule has 0 aliphatic heterocycles. The fraction of sp³-hybridized carbons (Fsp3) is 0.571. The van der Waals surface area contributed by atoms with E-state index in [0.29, 0.717) is 15.3 Å². The molecule has 0 bridgehead atoms. The molecule has 4 heteroatoms. The fourth-order valence-corrected chi connectivity index (χ4v) is 2.70. The third kappa shape index (κ3) is 5.40. The van der Waals surface area contributed by atoms with E-state index >= 15 is 0 Å². The van der Waals surface area contributed by atoms with Gasteiger partial charge in [0.2, 0.25) is 0 Å². The van der Waals surface area contributed by atoms with Gasteiger partial charge in [0, 0.05) is 22.2 Å². The Morgan fingerprint density at radius 1 is 1.28 bits per heavy atom. The van der Waals surface area contributed by atoms with Gasteiger partial charge in [-0.1, -0.05) is 37.0 Å². The summed E-state index contributed by atoms with van der Waals surface area (Å²) < 4.78 is 0. The molecule has 1 nitrogen and oxygen atoms in total. The molecule has 0 saturated carbocycles. The first-order chi connectivity index (χ1) is 8.34. The minimum atomic E-state index is 0.201. The van der Waals surface area contributed by atoms with E-state index in [1.54, 1.807) is 0 Å². The minimum Gasteiger partial charge on any atom is -0.311 e. The number of rotatable bonds is 6. The molecule has 1 unspecified atom stereocenters. The van der Waals surface area contributed by atoms with Gasteiger partial charge in [0.25, 0.3) is 0 Å². The third-order valence-electron chi connectivity index (χ3n) is 2.98. The van der Waals surface area contributed by atoms with E-state index in [1.165, 1.54) is 0 Å². The maximum Gasteiger partial charge on any atom is 0.0603 e. The second kappa shape index (κ2) is 7.04. The lowest BCUT2D eigenvalue weighted by atomic mass is 10.0. The molecule has 0 heterocycles. The van der Waals surface area contributed by atoms with E-state index < -0.39 is 0 Å². The van der Waals surface area contributed by atoms with Crippen molar-refractivity contribution in [3.05, 3.63) is 28.2 Å². The summed E-state index contributed by atoms with van der Waals surface area (Å²) in [4.78, 5) is 1.16. The Morgan fingerprint density at radius 3 is 2.50 bits per heavy atom. The van der Waals surface area contributed by atoms with Crippen molar-refractivity contribution in [3.8, 4) is 0 Å². The van der Waals surface area contributed by atoms with Crippen LogP contribution in [-0.2, 0) is 0 Å². The standard InChI is InChI=1S/C14H21Cl2NS/c1-5-14(3,4)17-9-10(2)18-11-6-7-12(15)13(16)8-11/h6-8,10,17H,5,9H2,1-4H3. The zero-order valence-corrected chi connectivity index (χ0v) is 13.7. The zero-order chi connectivity index (χ0) is 13.8. The maximum atomic E-state index is 6.01. The summed E-state index contributed by atoms with van der Waals surface area (Å²) in [5.41, 5.74) is 0.201. The van der Waals surface area contributed by atoms with Gasteiger partial charge >= 0.3 is 0 Å². The number of halogens is 2. The second-order valence-corrected chi connectivity index (χ2v) is 7.45. The summed E-state index contributed by atoms with van der Waals surface area (Å²) >= 11 is 13.7. The van der Waals surface area contributed by atoms with Crippen molar-refractivity contribution in [3.63, 3.8) is 0 Å². The predicted molar refractivity (Wildman–Crippen MR) is 84.2 cm³/mol. The van der Waals surface area contributed by atoms with Gasteiger partial charge in [-0.2, -0.15) is 0 Å². The van der Waals surface area contributed by atoms with Crippen molar-refractivity contribution in [1.29, 1.82) is 0 Å². The molecular weight excluding hydrogens is 285 g/mol. The Kier molecular flexibility index (Phi) is 6.32. The zero-order valence-electron chi connectivity index (χ0n) is 11.4. The number of hydrogen-bond donors (Lipinski definition) is 1. The van der Waals surface area contributed by atoms with Gasteiger partial charge in [0.15, 0.2) is 0 Å². The molecular formula is C14H21Cl2NS. The molecule has 0 saturated heterocycles. The first kappa shape index (κ1) is 16.2. The summed E-state index contributed by atoms with van der Waals surface area (Å²) in [5, 5.41) is 5.30. The molecule has 1 rings (SSSR count). The lowest BCUT2D eigenvalue weighted by Crippen LogP contribution is -2.41. The highest BCUT2D eigenvalue weighted by Crippen LogP contribution is 2.30. The Morgan fingerprint density at radius 2 is 1.94 bits per heavy atom. The largest absolute Gasteiger partial charge is 0.311 e. The summed E-state index contributed by atoms with van der Waals surface area (Å²) in [5.74, 6) is 0. The van der Waals surface area contributed by atoms with Crippen LogP contribution < -0.4 is 5.32 Å². The molecule has 0 aliphatic rings. The van der Waals surface area contributed by atoms with E-state index in [4.69, 9.17) is 23.2 Å². The average Bonchev–Trinajstić information content (AvgIpc) is 2.32. The molecule has 0 fully saturated rings. The molecule has 102 valence electrons.